The Morgan fingerprint density at radius 1 is 1.38 bits per heavy atom. The summed E-state index contributed by atoms with van der Waals surface area (Å²) in [5.41, 5.74) is 6.36. The van der Waals surface area contributed by atoms with Crippen molar-refractivity contribution in [3.05, 3.63) is 33.6 Å². The molecule has 3 aromatic heterocycles. The third kappa shape index (κ3) is 3.06. The monoisotopic (exact) mass is 319 g/mol. The lowest BCUT2D eigenvalue weighted by atomic mass is 10.2. The first kappa shape index (κ1) is 14.0. The highest BCUT2D eigenvalue weighted by Gasteiger charge is 2.11. The molecule has 21 heavy (non-hydrogen) atoms. The van der Waals surface area contributed by atoms with Crippen molar-refractivity contribution in [1.29, 1.82) is 0 Å². The molecule has 3 rings (SSSR count). The molecule has 0 aromatic carbocycles. The van der Waals surface area contributed by atoms with E-state index in [1.165, 1.54) is 29.2 Å². The highest BCUT2D eigenvalue weighted by atomic mass is 32.2. The van der Waals surface area contributed by atoms with Crippen LogP contribution in [0.3, 0.4) is 0 Å². The van der Waals surface area contributed by atoms with Gasteiger partial charge in [-0.2, -0.15) is 0 Å². The van der Waals surface area contributed by atoms with Gasteiger partial charge in [0.25, 0.3) is 5.56 Å². The Hall–Kier alpha value is -1.93. The van der Waals surface area contributed by atoms with E-state index in [1.807, 2.05) is 11.4 Å². The van der Waals surface area contributed by atoms with Crippen molar-refractivity contribution in [2.75, 3.05) is 5.73 Å². The quantitative estimate of drug-likeness (QED) is 0.566. The zero-order chi connectivity index (χ0) is 14.8. The lowest BCUT2D eigenvalue weighted by Crippen LogP contribution is -2.10. The molecule has 0 aliphatic rings. The molecule has 0 unspecified atom stereocenters. The molecule has 108 valence electrons. The van der Waals surface area contributed by atoms with Crippen LogP contribution in [0.2, 0.25) is 0 Å². The van der Waals surface area contributed by atoms with E-state index in [9.17, 15) is 4.79 Å². The number of nitrogens with one attached hydrogen (secondary N) is 1. The van der Waals surface area contributed by atoms with Crippen molar-refractivity contribution < 1.29 is 0 Å². The molecule has 0 fully saturated rings. The Bertz CT molecular complexity index is 842. The van der Waals surface area contributed by atoms with Crippen LogP contribution in [0.25, 0.3) is 10.2 Å². The molecular formula is C13H13N5OS2. The van der Waals surface area contributed by atoms with E-state index >= 15 is 0 Å². The van der Waals surface area contributed by atoms with Crippen LogP contribution in [-0.2, 0) is 6.42 Å². The van der Waals surface area contributed by atoms with Crippen LogP contribution in [0.4, 0.5) is 5.95 Å². The van der Waals surface area contributed by atoms with E-state index in [4.69, 9.17) is 5.73 Å². The minimum absolute atomic E-state index is 0.153. The summed E-state index contributed by atoms with van der Waals surface area (Å²) in [6, 6.07) is 3.47. The fraction of sp³-hybridized carbons (Fsp3) is 0.231. The molecule has 0 amide bonds. The van der Waals surface area contributed by atoms with Gasteiger partial charge in [0.1, 0.15) is 9.86 Å². The highest BCUT2D eigenvalue weighted by molar-refractivity contribution is 7.99. The maximum Gasteiger partial charge on any atom is 0.251 e. The lowest BCUT2D eigenvalue weighted by Gasteiger charge is -2.04. The van der Waals surface area contributed by atoms with Crippen molar-refractivity contribution in [2.24, 2.45) is 0 Å². The molecule has 0 radical (unpaired) electrons. The van der Waals surface area contributed by atoms with Gasteiger partial charge >= 0.3 is 0 Å². The van der Waals surface area contributed by atoms with Crippen LogP contribution < -0.4 is 11.3 Å². The lowest BCUT2D eigenvalue weighted by molar-refractivity contribution is 0.815. The van der Waals surface area contributed by atoms with E-state index in [-0.39, 0.29) is 11.5 Å². The van der Waals surface area contributed by atoms with E-state index in [1.54, 1.807) is 0 Å². The number of aromatic nitrogens is 4. The fourth-order valence-electron chi connectivity index (χ4n) is 1.93. The molecule has 3 N–H and O–H groups in total. The van der Waals surface area contributed by atoms with E-state index in [0.29, 0.717) is 10.2 Å². The second kappa shape index (κ2) is 5.82. The van der Waals surface area contributed by atoms with E-state index < -0.39 is 0 Å². The van der Waals surface area contributed by atoms with Crippen LogP contribution in [-0.4, -0.2) is 19.9 Å². The van der Waals surface area contributed by atoms with Gasteiger partial charge in [0.15, 0.2) is 5.16 Å². The first-order chi connectivity index (χ1) is 10.2. The van der Waals surface area contributed by atoms with Crippen LogP contribution in [0.1, 0.15) is 19.0 Å². The number of nitrogens with zero attached hydrogens (tertiary/aromatic N) is 3. The molecule has 0 spiro atoms. The van der Waals surface area contributed by atoms with Crippen LogP contribution in [0.15, 0.2) is 32.5 Å². The largest absolute Gasteiger partial charge is 0.368 e. The maximum absolute atomic E-state index is 11.7. The van der Waals surface area contributed by atoms with Crippen LogP contribution in [0.5, 0.6) is 0 Å². The summed E-state index contributed by atoms with van der Waals surface area (Å²) < 4.78 is 0. The number of anilines is 1. The molecule has 0 aliphatic heterocycles. The van der Waals surface area contributed by atoms with E-state index in [2.05, 4.69) is 26.9 Å². The van der Waals surface area contributed by atoms with Crippen molar-refractivity contribution in [3.8, 4) is 0 Å². The molecule has 6 nitrogen and oxygen atoms in total. The number of H-pyrrole nitrogens is 1. The second-order valence-corrected chi connectivity index (χ2v) is 6.29. The Kier molecular flexibility index (Phi) is 3.89. The predicted molar refractivity (Wildman–Crippen MR) is 84.8 cm³/mol. The maximum atomic E-state index is 11.7. The van der Waals surface area contributed by atoms with Crippen molar-refractivity contribution in [3.63, 3.8) is 0 Å². The molecule has 0 saturated heterocycles. The van der Waals surface area contributed by atoms with Gasteiger partial charge < -0.3 is 10.7 Å². The molecule has 0 saturated carbocycles. The molecule has 3 heterocycles. The summed E-state index contributed by atoms with van der Waals surface area (Å²) in [4.78, 5) is 28.1. The third-order valence-corrected chi connectivity index (χ3v) is 4.48. The SMILES string of the molecule is CCCc1cc(=O)[nH]c(Sc2nc(N)nc3sccc23)n1. The second-order valence-electron chi connectivity index (χ2n) is 4.42. The van der Waals surface area contributed by atoms with Gasteiger partial charge in [0.05, 0.1) is 0 Å². The number of nitrogen functional groups attached to an aromatic ring is 1. The number of thiophene rings is 1. The average Bonchev–Trinajstić information content (AvgIpc) is 2.86. The minimum Gasteiger partial charge on any atom is -0.368 e. The summed E-state index contributed by atoms with van der Waals surface area (Å²) in [5, 5.41) is 4.09. The van der Waals surface area contributed by atoms with Gasteiger partial charge in [0, 0.05) is 17.1 Å². The molecule has 0 atom stereocenters. The Morgan fingerprint density at radius 2 is 2.24 bits per heavy atom. The Labute approximate surface area is 128 Å². The van der Waals surface area contributed by atoms with Gasteiger partial charge in [-0.1, -0.05) is 13.3 Å². The van der Waals surface area contributed by atoms with Gasteiger partial charge in [-0.25, -0.2) is 15.0 Å². The topological polar surface area (TPSA) is 97.5 Å². The van der Waals surface area contributed by atoms with Gasteiger partial charge in [-0.3, -0.25) is 4.79 Å². The number of hydrogen-bond donors (Lipinski definition) is 2. The number of rotatable bonds is 4. The summed E-state index contributed by atoms with van der Waals surface area (Å²) in [6.07, 6.45) is 1.72. The summed E-state index contributed by atoms with van der Waals surface area (Å²) in [5.74, 6) is 0.222. The summed E-state index contributed by atoms with van der Waals surface area (Å²) in [6.45, 7) is 2.05. The molecule has 8 heteroatoms. The summed E-state index contributed by atoms with van der Waals surface area (Å²) >= 11 is 2.80. The molecular weight excluding hydrogens is 306 g/mol. The highest BCUT2D eigenvalue weighted by Crippen LogP contribution is 2.32. The third-order valence-electron chi connectivity index (χ3n) is 2.78. The van der Waals surface area contributed by atoms with Gasteiger partial charge in [-0.05, 0) is 29.6 Å². The molecule has 0 aliphatic carbocycles. The fourth-order valence-corrected chi connectivity index (χ4v) is 3.68. The number of fused-ring (bicyclic) bond motifs is 1. The van der Waals surface area contributed by atoms with Gasteiger partial charge in [0.2, 0.25) is 5.95 Å². The number of nitrogens with two attached hydrogens (primary N) is 1. The van der Waals surface area contributed by atoms with Crippen molar-refractivity contribution >= 4 is 39.3 Å². The zero-order valence-corrected chi connectivity index (χ0v) is 12.9. The Balaban J connectivity index is 2.02. The number of hydrogen-bond acceptors (Lipinski definition) is 7. The van der Waals surface area contributed by atoms with E-state index in [0.717, 1.165) is 28.8 Å². The first-order valence-electron chi connectivity index (χ1n) is 6.44. The molecule has 0 bridgehead atoms. The Morgan fingerprint density at radius 3 is 3.05 bits per heavy atom. The number of aromatic amines is 1. The number of aryl methyl sites for hydroxylation is 1. The first-order valence-corrected chi connectivity index (χ1v) is 8.14. The normalized spacial score (nSPS) is 11.1. The smallest absolute Gasteiger partial charge is 0.251 e. The van der Waals surface area contributed by atoms with Crippen molar-refractivity contribution in [1.82, 2.24) is 19.9 Å². The zero-order valence-electron chi connectivity index (χ0n) is 11.3. The van der Waals surface area contributed by atoms with Crippen LogP contribution in [0, 0.1) is 0 Å². The minimum atomic E-state index is -0.153. The predicted octanol–water partition coefficient (Wildman–Crippen LogP) is 2.46. The average molecular weight is 319 g/mol. The van der Waals surface area contributed by atoms with Crippen LogP contribution >= 0.6 is 23.1 Å². The standard InChI is InChI=1S/C13H13N5OS2/c1-2-3-7-6-9(19)16-13(15-7)21-11-8-4-5-20-10(8)17-12(14)18-11/h4-6H,2-3H2,1H3,(H2,14,17,18)(H,15,16,19). The summed E-state index contributed by atoms with van der Waals surface area (Å²) in [7, 11) is 0. The molecule has 3 aromatic rings. The van der Waals surface area contributed by atoms with Gasteiger partial charge in [-0.15, -0.1) is 11.3 Å². The van der Waals surface area contributed by atoms with Crippen molar-refractivity contribution in [2.45, 2.75) is 29.9 Å².